The molecule has 0 aliphatic carbocycles. The Balaban J connectivity index is 1.91. The van der Waals surface area contributed by atoms with Crippen LogP contribution in [0.3, 0.4) is 0 Å². The molecule has 3 aromatic rings. The summed E-state index contributed by atoms with van der Waals surface area (Å²) in [6.45, 7) is 0.210. The second kappa shape index (κ2) is 8.81. The number of ether oxygens (including phenoxy) is 1. The van der Waals surface area contributed by atoms with Crippen LogP contribution in [0.1, 0.15) is 27.2 Å². The van der Waals surface area contributed by atoms with Gasteiger partial charge in [-0.2, -0.15) is 4.31 Å². The van der Waals surface area contributed by atoms with Gasteiger partial charge in [-0.3, -0.25) is 4.98 Å². The smallest absolute Gasteiger partial charge is 0.338 e. The molecule has 2 aromatic heterocycles. The highest BCUT2D eigenvalue weighted by Crippen LogP contribution is 2.20. The molecule has 0 N–H and O–H groups in total. The molecule has 0 aliphatic heterocycles. The summed E-state index contributed by atoms with van der Waals surface area (Å²) in [5, 5.41) is 0. The zero-order chi connectivity index (χ0) is 20.0. The van der Waals surface area contributed by atoms with Gasteiger partial charge in [0.05, 0.1) is 31.2 Å². The van der Waals surface area contributed by atoms with Gasteiger partial charge in [0.25, 0.3) is 0 Å². The Labute approximate surface area is 163 Å². The van der Waals surface area contributed by atoms with Crippen LogP contribution in [0.25, 0.3) is 0 Å². The third-order valence-electron chi connectivity index (χ3n) is 4.15. The normalized spacial score (nSPS) is 11.5. The molecule has 0 saturated heterocycles. The minimum Gasteiger partial charge on any atom is -0.468 e. The summed E-state index contributed by atoms with van der Waals surface area (Å²) >= 11 is 0. The number of furan rings is 1. The number of hydrogen-bond acceptors (Lipinski definition) is 6. The number of rotatable bonds is 8. The fraction of sp³-hybridized carbons (Fsp3) is 0.200. The summed E-state index contributed by atoms with van der Waals surface area (Å²) < 4.78 is 37.8. The lowest BCUT2D eigenvalue weighted by Gasteiger charge is -2.22. The molecular formula is C20H20N2O5S. The van der Waals surface area contributed by atoms with Crippen LogP contribution >= 0.6 is 0 Å². The van der Waals surface area contributed by atoms with Crippen molar-refractivity contribution in [2.24, 2.45) is 0 Å². The Morgan fingerprint density at radius 3 is 2.61 bits per heavy atom. The number of sulfonamides is 1. The summed E-state index contributed by atoms with van der Waals surface area (Å²) in [4.78, 5) is 16.0. The van der Waals surface area contributed by atoms with Gasteiger partial charge in [-0.1, -0.05) is 24.3 Å². The van der Waals surface area contributed by atoms with Gasteiger partial charge in [0.1, 0.15) is 5.76 Å². The monoisotopic (exact) mass is 400 g/mol. The van der Waals surface area contributed by atoms with Crippen molar-refractivity contribution >= 4 is 16.0 Å². The first-order valence-corrected chi connectivity index (χ1v) is 10.2. The van der Waals surface area contributed by atoms with Gasteiger partial charge in [-0.25, -0.2) is 13.2 Å². The Morgan fingerprint density at radius 2 is 1.93 bits per heavy atom. The van der Waals surface area contributed by atoms with Gasteiger partial charge in [0, 0.05) is 18.9 Å². The summed E-state index contributed by atoms with van der Waals surface area (Å²) in [5.74, 6) is -0.386. The van der Waals surface area contributed by atoms with E-state index in [9.17, 15) is 13.2 Å². The maximum atomic E-state index is 13.2. The Bertz CT molecular complexity index is 1020. The molecule has 3 rings (SSSR count). The van der Waals surface area contributed by atoms with Crippen molar-refractivity contribution in [3.8, 4) is 0 Å². The average molecular weight is 400 g/mol. The summed E-state index contributed by atoms with van der Waals surface area (Å²) in [5.41, 5.74) is 1.36. The van der Waals surface area contributed by atoms with Crippen molar-refractivity contribution < 1.29 is 22.4 Å². The zero-order valence-corrected chi connectivity index (χ0v) is 16.1. The van der Waals surface area contributed by atoms with Crippen molar-refractivity contribution in [3.05, 3.63) is 89.6 Å². The molecule has 146 valence electrons. The number of carbonyl (C=O) groups excluding carboxylic acids is 1. The van der Waals surface area contributed by atoms with E-state index in [1.165, 1.54) is 17.7 Å². The molecule has 0 bridgehead atoms. The number of methoxy groups -OCH3 is 1. The number of carbonyl (C=O) groups is 1. The van der Waals surface area contributed by atoms with Crippen molar-refractivity contribution in [1.82, 2.24) is 9.29 Å². The fourth-order valence-corrected chi connectivity index (χ4v) is 4.26. The largest absolute Gasteiger partial charge is 0.468 e. The van der Waals surface area contributed by atoms with E-state index in [0.717, 1.165) is 5.56 Å². The fourth-order valence-electron chi connectivity index (χ4n) is 2.77. The van der Waals surface area contributed by atoms with Crippen LogP contribution in [0.15, 0.2) is 71.6 Å². The second-order valence-corrected chi connectivity index (χ2v) is 8.08. The third-order valence-corrected chi connectivity index (χ3v) is 5.87. The Hall–Kier alpha value is -2.97. The number of pyridine rings is 1. The van der Waals surface area contributed by atoms with E-state index in [4.69, 9.17) is 9.15 Å². The van der Waals surface area contributed by atoms with Crippen LogP contribution in [0.5, 0.6) is 0 Å². The predicted octanol–water partition coefficient (Wildman–Crippen LogP) is 2.99. The predicted molar refractivity (Wildman–Crippen MR) is 103 cm³/mol. The molecule has 0 unspecified atom stereocenters. The Kier molecular flexibility index (Phi) is 6.23. The standard InChI is InChI=1S/C20H20N2O5S/c1-26-20(23)19-9-3-2-7-17(19)15-28(24,25)22(14-18-8-5-11-27-18)13-16-6-4-10-21-12-16/h2-12H,13-15H2,1H3. The molecule has 0 atom stereocenters. The minimum absolute atomic E-state index is 0.0740. The van der Waals surface area contributed by atoms with Crippen LogP contribution in [-0.4, -0.2) is 30.8 Å². The molecule has 28 heavy (non-hydrogen) atoms. The van der Waals surface area contributed by atoms with E-state index in [-0.39, 0.29) is 24.4 Å². The average Bonchev–Trinajstić information content (AvgIpc) is 3.21. The first-order chi connectivity index (χ1) is 13.5. The second-order valence-electron chi connectivity index (χ2n) is 6.11. The van der Waals surface area contributed by atoms with E-state index >= 15 is 0 Å². The van der Waals surface area contributed by atoms with Crippen molar-refractivity contribution in [1.29, 1.82) is 0 Å². The molecule has 0 amide bonds. The van der Waals surface area contributed by atoms with E-state index in [1.54, 1.807) is 60.9 Å². The van der Waals surface area contributed by atoms with Gasteiger partial charge >= 0.3 is 5.97 Å². The van der Waals surface area contributed by atoms with Crippen molar-refractivity contribution in [2.45, 2.75) is 18.8 Å². The molecule has 8 heteroatoms. The van der Waals surface area contributed by atoms with E-state index in [0.29, 0.717) is 11.3 Å². The van der Waals surface area contributed by atoms with Crippen LogP contribution < -0.4 is 0 Å². The maximum Gasteiger partial charge on any atom is 0.338 e. The van der Waals surface area contributed by atoms with E-state index in [1.807, 2.05) is 0 Å². The lowest BCUT2D eigenvalue weighted by molar-refractivity contribution is 0.0600. The molecule has 0 spiro atoms. The van der Waals surface area contributed by atoms with E-state index < -0.39 is 16.0 Å². The first-order valence-electron chi connectivity index (χ1n) is 8.55. The molecule has 0 fully saturated rings. The summed E-state index contributed by atoms with van der Waals surface area (Å²) in [6, 6.07) is 13.5. The number of benzene rings is 1. The molecular weight excluding hydrogens is 380 g/mol. The molecule has 0 aliphatic rings. The number of nitrogens with zero attached hydrogens (tertiary/aromatic N) is 2. The third kappa shape index (κ3) is 4.85. The van der Waals surface area contributed by atoms with Crippen LogP contribution in [0.4, 0.5) is 0 Å². The molecule has 1 aromatic carbocycles. The van der Waals surface area contributed by atoms with Gasteiger partial charge < -0.3 is 9.15 Å². The van der Waals surface area contributed by atoms with Crippen LogP contribution in [0.2, 0.25) is 0 Å². The zero-order valence-electron chi connectivity index (χ0n) is 15.3. The number of aromatic nitrogens is 1. The van der Waals surface area contributed by atoms with Gasteiger partial charge in [-0.05, 0) is 35.4 Å². The van der Waals surface area contributed by atoms with Crippen LogP contribution in [0, 0.1) is 0 Å². The lowest BCUT2D eigenvalue weighted by Crippen LogP contribution is -2.31. The quantitative estimate of drug-likeness (QED) is 0.540. The minimum atomic E-state index is -3.78. The lowest BCUT2D eigenvalue weighted by atomic mass is 10.1. The van der Waals surface area contributed by atoms with Crippen molar-refractivity contribution in [2.75, 3.05) is 7.11 Å². The molecule has 0 saturated carbocycles. The number of esters is 1. The highest BCUT2D eigenvalue weighted by Gasteiger charge is 2.26. The Morgan fingerprint density at radius 1 is 1.11 bits per heavy atom. The van der Waals surface area contributed by atoms with Crippen LogP contribution in [-0.2, 0) is 33.6 Å². The van der Waals surface area contributed by atoms with E-state index in [2.05, 4.69) is 4.98 Å². The topological polar surface area (TPSA) is 89.7 Å². The summed E-state index contributed by atoms with van der Waals surface area (Å²) in [6.07, 6.45) is 4.74. The number of hydrogen-bond donors (Lipinski definition) is 0. The highest BCUT2D eigenvalue weighted by molar-refractivity contribution is 7.88. The van der Waals surface area contributed by atoms with Gasteiger partial charge in [0.2, 0.25) is 10.0 Å². The van der Waals surface area contributed by atoms with Gasteiger partial charge in [0.15, 0.2) is 0 Å². The maximum absolute atomic E-state index is 13.2. The SMILES string of the molecule is COC(=O)c1ccccc1CS(=O)(=O)N(Cc1cccnc1)Cc1ccco1. The van der Waals surface area contributed by atoms with Crippen molar-refractivity contribution in [3.63, 3.8) is 0 Å². The highest BCUT2D eigenvalue weighted by atomic mass is 32.2. The molecule has 7 nitrogen and oxygen atoms in total. The first kappa shape index (κ1) is 19.8. The summed E-state index contributed by atoms with van der Waals surface area (Å²) in [7, 11) is -2.51. The molecule has 0 radical (unpaired) electrons. The molecule has 2 heterocycles. The van der Waals surface area contributed by atoms with Gasteiger partial charge in [-0.15, -0.1) is 0 Å².